The Labute approximate surface area is 99.8 Å². The first-order valence-corrected chi connectivity index (χ1v) is 6.29. The lowest BCUT2D eigenvalue weighted by atomic mass is 9.82. The van der Waals surface area contributed by atoms with Gasteiger partial charge in [-0.15, -0.1) is 0 Å². The van der Waals surface area contributed by atoms with Crippen LogP contribution in [0, 0.1) is 12.3 Å². The topological polar surface area (TPSA) is 9.23 Å². The summed E-state index contributed by atoms with van der Waals surface area (Å²) in [5.41, 5.74) is 1.71. The third-order valence-corrected chi connectivity index (χ3v) is 3.70. The Bertz CT molecular complexity index is 296. The molecule has 0 saturated heterocycles. The summed E-state index contributed by atoms with van der Waals surface area (Å²) in [6.07, 6.45) is 3.58. The fourth-order valence-electron chi connectivity index (χ4n) is 1.65. The molecule has 0 aliphatic carbocycles. The van der Waals surface area contributed by atoms with E-state index in [1.54, 1.807) is 0 Å². The van der Waals surface area contributed by atoms with Crippen LogP contribution in [-0.2, 0) is 0 Å². The molecule has 0 aromatic heterocycles. The molecule has 0 radical (unpaired) electrons. The highest BCUT2D eigenvalue weighted by atomic mass is 16.5. The predicted molar refractivity (Wildman–Crippen MR) is 70.0 cm³/mol. The normalized spacial score (nSPS) is 11.5. The maximum absolute atomic E-state index is 5.76. The molecular formula is C15H24O. The molecule has 0 N–H and O–H groups in total. The molecule has 1 rings (SSSR count). The van der Waals surface area contributed by atoms with Crippen LogP contribution in [0.25, 0.3) is 0 Å². The Balaban J connectivity index is 2.38. The summed E-state index contributed by atoms with van der Waals surface area (Å²) in [6.45, 7) is 9.77. The second-order valence-corrected chi connectivity index (χ2v) is 4.93. The quantitative estimate of drug-likeness (QED) is 0.681. The third-order valence-electron chi connectivity index (χ3n) is 3.70. The number of aryl methyl sites for hydroxylation is 1. The van der Waals surface area contributed by atoms with Crippen molar-refractivity contribution in [2.24, 2.45) is 5.41 Å². The van der Waals surface area contributed by atoms with E-state index in [0.29, 0.717) is 5.41 Å². The second-order valence-electron chi connectivity index (χ2n) is 4.93. The number of hydrogen-bond donors (Lipinski definition) is 0. The number of ether oxygens (including phenoxy) is 1. The summed E-state index contributed by atoms with van der Waals surface area (Å²) in [4.78, 5) is 0. The summed E-state index contributed by atoms with van der Waals surface area (Å²) in [5, 5.41) is 0. The van der Waals surface area contributed by atoms with Crippen molar-refractivity contribution in [3.05, 3.63) is 29.8 Å². The maximum atomic E-state index is 5.76. The maximum Gasteiger partial charge on any atom is 0.119 e. The van der Waals surface area contributed by atoms with Crippen molar-refractivity contribution >= 4 is 0 Å². The van der Waals surface area contributed by atoms with Crippen molar-refractivity contribution < 1.29 is 4.74 Å². The van der Waals surface area contributed by atoms with Crippen molar-refractivity contribution in [1.82, 2.24) is 0 Å². The molecule has 0 spiro atoms. The monoisotopic (exact) mass is 220 g/mol. The van der Waals surface area contributed by atoms with Crippen molar-refractivity contribution in [3.8, 4) is 5.75 Å². The van der Waals surface area contributed by atoms with Crippen LogP contribution >= 0.6 is 0 Å². The molecule has 16 heavy (non-hydrogen) atoms. The van der Waals surface area contributed by atoms with E-state index >= 15 is 0 Å². The van der Waals surface area contributed by atoms with Gasteiger partial charge in [-0.05, 0) is 30.9 Å². The summed E-state index contributed by atoms with van der Waals surface area (Å²) < 4.78 is 5.76. The zero-order valence-corrected chi connectivity index (χ0v) is 11.0. The molecule has 1 aromatic carbocycles. The van der Waals surface area contributed by atoms with Gasteiger partial charge in [0.15, 0.2) is 0 Å². The van der Waals surface area contributed by atoms with Crippen LogP contribution in [0.4, 0.5) is 0 Å². The molecule has 1 aromatic rings. The fraction of sp³-hybridized carbons (Fsp3) is 0.600. The largest absolute Gasteiger partial charge is 0.494 e. The smallest absolute Gasteiger partial charge is 0.119 e. The first kappa shape index (κ1) is 13.1. The third kappa shape index (κ3) is 3.88. The number of rotatable bonds is 6. The molecule has 0 bridgehead atoms. The molecule has 0 aliphatic rings. The van der Waals surface area contributed by atoms with Crippen LogP contribution in [-0.4, -0.2) is 6.61 Å². The van der Waals surface area contributed by atoms with Gasteiger partial charge in [0.2, 0.25) is 0 Å². The molecule has 0 atom stereocenters. The first-order chi connectivity index (χ1) is 7.59. The predicted octanol–water partition coefficient (Wildman–Crippen LogP) is 4.59. The average Bonchev–Trinajstić information content (AvgIpc) is 2.31. The minimum atomic E-state index is 0.435. The van der Waals surface area contributed by atoms with Gasteiger partial charge in [-0.3, -0.25) is 0 Å². The highest BCUT2D eigenvalue weighted by molar-refractivity contribution is 5.26. The molecule has 0 saturated carbocycles. The van der Waals surface area contributed by atoms with E-state index in [1.165, 1.54) is 18.4 Å². The lowest BCUT2D eigenvalue weighted by Crippen LogP contribution is -2.17. The zero-order chi connectivity index (χ0) is 12.0. The van der Waals surface area contributed by atoms with E-state index in [1.807, 2.05) is 12.1 Å². The minimum Gasteiger partial charge on any atom is -0.494 e. The van der Waals surface area contributed by atoms with Gasteiger partial charge in [0.25, 0.3) is 0 Å². The van der Waals surface area contributed by atoms with Gasteiger partial charge in [0.1, 0.15) is 5.75 Å². The first-order valence-electron chi connectivity index (χ1n) is 6.29. The average molecular weight is 220 g/mol. The summed E-state index contributed by atoms with van der Waals surface area (Å²) in [5.74, 6) is 0.986. The van der Waals surface area contributed by atoms with Crippen LogP contribution in [0.5, 0.6) is 5.75 Å². The Morgan fingerprint density at radius 3 is 2.12 bits per heavy atom. The van der Waals surface area contributed by atoms with Crippen molar-refractivity contribution in [3.63, 3.8) is 0 Å². The van der Waals surface area contributed by atoms with Crippen LogP contribution < -0.4 is 4.74 Å². The van der Waals surface area contributed by atoms with Gasteiger partial charge in [0.05, 0.1) is 6.61 Å². The lowest BCUT2D eigenvalue weighted by molar-refractivity contribution is 0.199. The lowest BCUT2D eigenvalue weighted by Gasteiger charge is -2.26. The molecule has 0 fully saturated rings. The van der Waals surface area contributed by atoms with Crippen molar-refractivity contribution in [2.75, 3.05) is 6.61 Å². The molecule has 0 amide bonds. The van der Waals surface area contributed by atoms with Crippen LogP contribution in [0.15, 0.2) is 24.3 Å². The SMILES string of the molecule is CCC(C)(CC)CCOc1ccc(C)cc1. The molecule has 1 heteroatoms. The molecule has 90 valence electrons. The molecular weight excluding hydrogens is 196 g/mol. The highest BCUT2D eigenvalue weighted by Crippen LogP contribution is 2.29. The standard InChI is InChI=1S/C15H24O/c1-5-15(4,6-2)11-12-16-14-9-7-13(3)8-10-14/h7-10H,5-6,11-12H2,1-4H3. The number of hydrogen-bond acceptors (Lipinski definition) is 1. The van der Waals surface area contributed by atoms with Gasteiger partial charge in [-0.25, -0.2) is 0 Å². The van der Waals surface area contributed by atoms with Crippen LogP contribution in [0.3, 0.4) is 0 Å². The second kappa shape index (κ2) is 5.93. The van der Waals surface area contributed by atoms with Crippen molar-refractivity contribution in [2.45, 2.75) is 47.0 Å². The van der Waals surface area contributed by atoms with Crippen LogP contribution in [0.1, 0.15) is 45.6 Å². The van der Waals surface area contributed by atoms with E-state index in [9.17, 15) is 0 Å². The van der Waals surface area contributed by atoms with Gasteiger partial charge < -0.3 is 4.74 Å². The summed E-state index contributed by atoms with van der Waals surface area (Å²) in [7, 11) is 0. The van der Waals surface area contributed by atoms with Crippen LogP contribution in [0.2, 0.25) is 0 Å². The fourth-order valence-corrected chi connectivity index (χ4v) is 1.65. The van der Waals surface area contributed by atoms with Gasteiger partial charge in [0, 0.05) is 0 Å². The molecule has 0 heterocycles. The molecule has 1 nitrogen and oxygen atoms in total. The Morgan fingerprint density at radius 2 is 1.62 bits per heavy atom. The van der Waals surface area contributed by atoms with Gasteiger partial charge in [-0.2, -0.15) is 0 Å². The Hall–Kier alpha value is -0.980. The molecule has 0 aliphatic heterocycles. The van der Waals surface area contributed by atoms with E-state index < -0.39 is 0 Å². The number of benzene rings is 1. The van der Waals surface area contributed by atoms with Gasteiger partial charge in [-0.1, -0.05) is 51.3 Å². The van der Waals surface area contributed by atoms with E-state index in [4.69, 9.17) is 4.74 Å². The summed E-state index contributed by atoms with van der Waals surface area (Å²) >= 11 is 0. The van der Waals surface area contributed by atoms with Crippen molar-refractivity contribution in [1.29, 1.82) is 0 Å². The van der Waals surface area contributed by atoms with Gasteiger partial charge >= 0.3 is 0 Å². The van der Waals surface area contributed by atoms with E-state index in [-0.39, 0.29) is 0 Å². The highest BCUT2D eigenvalue weighted by Gasteiger charge is 2.19. The summed E-state index contributed by atoms with van der Waals surface area (Å²) in [6, 6.07) is 8.28. The van der Waals surface area contributed by atoms with E-state index in [2.05, 4.69) is 39.8 Å². The Kier molecular flexibility index (Phi) is 4.85. The Morgan fingerprint density at radius 1 is 1.06 bits per heavy atom. The zero-order valence-electron chi connectivity index (χ0n) is 11.0. The van der Waals surface area contributed by atoms with E-state index in [0.717, 1.165) is 18.8 Å². The molecule has 0 unspecified atom stereocenters. The minimum absolute atomic E-state index is 0.435.